The van der Waals surface area contributed by atoms with Crippen LogP contribution in [0.5, 0.6) is 5.75 Å². The topological polar surface area (TPSA) is 21.3 Å². The third kappa shape index (κ3) is 3.84. The summed E-state index contributed by atoms with van der Waals surface area (Å²) in [5, 5.41) is 4.85. The number of rotatable bonds is 5. The summed E-state index contributed by atoms with van der Waals surface area (Å²) in [4.78, 5) is 0. The van der Waals surface area contributed by atoms with E-state index in [0.29, 0.717) is 10.0 Å². The summed E-state index contributed by atoms with van der Waals surface area (Å²) >= 11 is 12.3. The van der Waals surface area contributed by atoms with Gasteiger partial charge in [0.2, 0.25) is 0 Å². The van der Waals surface area contributed by atoms with Crippen molar-refractivity contribution < 1.29 is 4.74 Å². The quantitative estimate of drug-likeness (QED) is 0.742. The van der Waals surface area contributed by atoms with Crippen LogP contribution in [-0.4, -0.2) is 7.11 Å². The number of nitrogens with one attached hydrogen (secondary N) is 1. The van der Waals surface area contributed by atoms with Crippen LogP contribution in [0.15, 0.2) is 36.4 Å². The molecule has 0 fully saturated rings. The number of ether oxygens (including phenoxy) is 1. The molecule has 0 radical (unpaired) electrons. The van der Waals surface area contributed by atoms with Crippen LogP contribution >= 0.6 is 23.2 Å². The Morgan fingerprint density at radius 1 is 1.14 bits per heavy atom. The van der Waals surface area contributed by atoms with Crippen molar-refractivity contribution in [2.75, 3.05) is 12.4 Å². The van der Waals surface area contributed by atoms with Gasteiger partial charge in [-0.05, 0) is 54.8 Å². The van der Waals surface area contributed by atoms with Gasteiger partial charge in [0.15, 0.2) is 0 Å². The molecule has 0 aromatic heterocycles. The molecule has 0 aliphatic rings. The van der Waals surface area contributed by atoms with E-state index >= 15 is 0 Å². The van der Waals surface area contributed by atoms with Gasteiger partial charge in [-0.25, -0.2) is 0 Å². The summed E-state index contributed by atoms with van der Waals surface area (Å²) in [5.41, 5.74) is 3.20. The van der Waals surface area contributed by atoms with Crippen molar-refractivity contribution in [2.45, 2.75) is 26.3 Å². The molecule has 2 rings (SSSR count). The molecule has 0 saturated carbocycles. The highest BCUT2D eigenvalue weighted by atomic mass is 35.5. The lowest BCUT2D eigenvalue weighted by atomic mass is 10.0. The van der Waals surface area contributed by atoms with E-state index in [9.17, 15) is 0 Å². The van der Waals surface area contributed by atoms with Gasteiger partial charge in [-0.15, -0.1) is 0 Å². The molecule has 2 aromatic carbocycles. The highest BCUT2D eigenvalue weighted by molar-refractivity contribution is 6.35. The Kier molecular flexibility index (Phi) is 5.38. The average Bonchev–Trinajstić information content (AvgIpc) is 2.45. The zero-order valence-corrected chi connectivity index (χ0v) is 13.9. The Morgan fingerprint density at radius 3 is 2.48 bits per heavy atom. The molecule has 0 bridgehead atoms. The maximum atomic E-state index is 6.30. The average molecular weight is 324 g/mol. The number of halogens is 2. The first-order valence-corrected chi connectivity index (χ1v) is 7.67. The molecular weight excluding hydrogens is 305 g/mol. The molecule has 2 aromatic rings. The minimum Gasteiger partial charge on any atom is -0.496 e. The second-order valence-corrected chi connectivity index (χ2v) is 5.80. The largest absolute Gasteiger partial charge is 0.496 e. The lowest BCUT2D eigenvalue weighted by molar-refractivity contribution is 0.412. The molecular formula is C17H19Cl2NO. The fraction of sp³-hybridized carbons (Fsp3) is 0.294. The lowest BCUT2D eigenvalue weighted by Gasteiger charge is -2.21. The highest BCUT2D eigenvalue weighted by Crippen LogP contribution is 2.31. The summed E-state index contributed by atoms with van der Waals surface area (Å²) < 4.78 is 5.28. The maximum Gasteiger partial charge on any atom is 0.121 e. The van der Waals surface area contributed by atoms with Gasteiger partial charge in [0.05, 0.1) is 13.2 Å². The summed E-state index contributed by atoms with van der Waals surface area (Å²) in [7, 11) is 1.68. The number of anilines is 1. The van der Waals surface area contributed by atoms with E-state index in [-0.39, 0.29) is 6.04 Å². The monoisotopic (exact) mass is 323 g/mol. The number of benzene rings is 2. The van der Waals surface area contributed by atoms with Crippen molar-refractivity contribution in [2.24, 2.45) is 0 Å². The minimum absolute atomic E-state index is 0.141. The van der Waals surface area contributed by atoms with Crippen molar-refractivity contribution in [3.63, 3.8) is 0 Å². The molecule has 0 saturated heterocycles. The van der Waals surface area contributed by atoms with Crippen molar-refractivity contribution >= 4 is 28.9 Å². The van der Waals surface area contributed by atoms with E-state index in [0.717, 1.165) is 29.0 Å². The smallest absolute Gasteiger partial charge is 0.121 e. The van der Waals surface area contributed by atoms with E-state index in [1.807, 2.05) is 31.2 Å². The molecule has 21 heavy (non-hydrogen) atoms. The van der Waals surface area contributed by atoms with Crippen LogP contribution in [0.2, 0.25) is 10.0 Å². The third-order valence-electron chi connectivity index (χ3n) is 3.48. The van der Waals surface area contributed by atoms with Crippen LogP contribution in [0.3, 0.4) is 0 Å². The number of hydrogen-bond acceptors (Lipinski definition) is 2. The fourth-order valence-electron chi connectivity index (χ4n) is 2.35. The van der Waals surface area contributed by atoms with Gasteiger partial charge in [0.25, 0.3) is 0 Å². The van der Waals surface area contributed by atoms with E-state index in [1.54, 1.807) is 13.2 Å². The van der Waals surface area contributed by atoms with Crippen LogP contribution in [0, 0.1) is 6.92 Å². The second-order valence-electron chi connectivity index (χ2n) is 4.96. The first-order valence-electron chi connectivity index (χ1n) is 6.91. The van der Waals surface area contributed by atoms with E-state index in [1.165, 1.54) is 0 Å². The minimum atomic E-state index is 0.141. The number of aryl methyl sites for hydroxylation is 1. The van der Waals surface area contributed by atoms with Gasteiger partial charge in [-0.1, -0.05) is 36.2 Å². The van der Waals surface area contributed by atoms with Gasteiger partial charge in [-0.3, -0.25) is 0 Å². The molecule has 1 atom stereocenters. The number of methoxy groups -OCH3 is 1. The van der Waals surface area contributed by atoms with Gasteiger partial charge >= 0.3 is 0 Å². The molecule has 112 valence electrons. The van der Waals surface area contributed by atoms with E-state index < -0.39 is 0 Å². The molecule has 0 aliphatic heterocycles. The normalized spacial score (nSPS) is 12.0. The molecule has 1 N–H and O–H groups in total. The van der Waals surface area contributed by atoms with E-state index in [4.69, 9.17) is 27.9 Å². The van der Waals surface area contributed by atoms with Crippen LogP contribution in [0.25, 0.3) is 0 Å². The fourth-order valence-corrected chi connectivity index (χ4v) is 2.89. The van der Waals surface area contributed by atoms with Crippen molar-refractivity contribution in [3.8, 4) is 5.75 Å². The zero-order chi connectivity index (χ0) is 15.4. The summed E-state index contributed by atoms with van der Waals surface area (Å²) in [6.45, 7) is 4.15. The SMILES string of the molecule is CCC(Nc1ccc(OC)c(C)c1)c1ccc(Cl)cc1Cl. The van der Waals surface area contributed by atoms with Crippen LogP contribution < -0.4 is 10.1 Å². The Morgan fingerprint density at radius 2 is 1.90 bits per heavy atom. The highest BCUT2D eigenvalue weighted by Gasteiger charge is 2.13. The summed E-state index contributed by atoms with van der Waals surface area (Å²) in [6.07, 6.45) is 0.923. The predicted octanol–water partition coefficient (Wildman–Crippen LogP) is 5.87. The Bertz CT molecular complexity index is 628. The molecule has 0 aliphatic carbocycles. The molecule has 0 heterocycles. The zero-order valence-electron chi connectivity index (χ0n) is 12.4. The van der Waals surface area contributed by atoms with Crippen molar-refractivity contribution in [1.29, 1.82) is 0 Å². The van der Waals surface area contributed by atoms with Crippen LogP contribution in [0.1, 0.15) is 30.5 Å². The second kappa shape index (κ2) is 7.06. The first-order chi connectivity index (χ1) is 10.0. The summed E-state index contributed by atoms with van der Waals surface area (Å²) in [5.74, 6) is 0.887. The Balaban J connectivity index is 2.24. The summed E-state index contributed by atoms with van der Waals surface area (Å²) in [6, 6.07) is 11.8. The van der Waals surface area contributed by atoms with Crippen molar-refractivity contribution in [1.82, 2.24) is 0 Å². The predicted molar refractivity (Wildman–Crippen MR) is 90.8 cm³/mol. The molecule has 1 unspecified atom stereocenters. The Hall–Kier alpha value is -1.38. The van der Waals surface area contributed by atoms with Gasteiger partial charge in [-0.2, -0.15) is 0 Å². The van der Waals surface area contributed by atoms with Crippen molar-refractivity contribution in [3.05, 3.63) is 57.6 Å². The first kappa shape index (κ1) is 16.0. The molecule has 0 spiro atoms. The molecule has 4 heteroatoms. The Labute approximate surface area is 136 Å². The molecule has 0 amide bonds. The lowest BCUT2D eigenvalue weighted by Crippen LogP contribution is -2.10. The number of hydrogen-bond donors (Lipinski definition) is 1. The van der Waals surface area contributed by atoms with E-state index in [2.05, 4.69) is 18.3 Å². The van der Waals surface area contributed by atoms with Crippen LogP contribution in [-0.2, 0) is 0 Å². The maximum absolute atomic E-state index is 6.30. The van der Waals surface area contributed by atoms with Gasteiger partial charge < -0.3 is 10.1 Å². The van der Waals surface area contributed by atoms with Crippen LogP contribution in [0.4, 0.5) is 5.69 Å². The third-order valence-corrected chi connectivity index (χ3v) is 4.04. The van der Waals surface area contributed by atoms with Gasteiger partial charge in [0, 0.05) is 15.7 Å². The standard InChI is InChI=1S/C17H19Cl2NO/c1-4-16(14-7-5-12(18)10-15(14)19)20-13-6-8-17(21-3)11(2)9-13/h5-10,16,20H,4H2,1-3H3. The molecule has 2 nitrogen and oxygen atoms in total. The van der Waals surface area contributed by atoms with Gasteiger partial charge in [0.1, 0.15) is 5.75 Å².